The SMILES string of the molecule is O=[N+]([O-])c1cnc(OC(CBr)c2ccccc2)c([N+](=O)[O-])c1. The molecule has 0 aliphatic heterocycles. The minimum atomic E-state index is -0.758. The fourth-order valence-electron chi connectivity index (χ4n) is 1.74. The van der Waals surface area contributed by atoms with Crippen molar-refractivity contribution in [1.29, 1.82) is 0 Å². The number of nitro groups is 2. The van der Waals surface area contributed by atoms with Gasteiger partial charge in [0.15, 0.2) is 0 Å². The van der Waals surface area contributed by atoms with Crippen LogP contribution in [0.4, 0.5) is 11.4 Å². The Hall–Kier alpha value is -2.55. The molecule has 0 aliphatic rings. The first-order chi connectivity index (χ1) is 10.5. The second-order valence-electron chi connectivity index (χ2n) is 4.20. The minimum Gasteiger partial charge on any atom is -0.464 e. The maximum Gasteiger partial charge on any atom is 0.337 e. The molecule has 1 unspecified atom stereocenters. The zero-order valence-electron chi connectivity index (χ0n) is 11.1. The third-order valence-corrected chi connectivity index (χ3v) is 3.38. The predicted molar refractivity (Wildman–Crippen MR) is 81.2 cm³/mol. The second-order valence-corrected chi connectivity index (χ2v) is 4.85. The lowest BCUT2D eigenvalue weighted by atomic mass is 10.1. The molecule has 0 spiro atoms. The molecule has 2 aromatic rings. The summed E-state index contributed by atoms with van der Waals surface area (Å²) in [5, 5.41) is 22.1. The standard InChI is InChI=1S/C13H10BrN3O5/c14-7-12(9-4-2-1-3-5-9)22-13-11(17(20)21)6-10(8-15-13)16(18)19/h1-6,8,12H,7H2. The fraction of sp³-hybridized carbons (Fsp3) is 0.154. The number of rotatable bonds is 6. The number of aromatic nitrogens is 1. The maximum absolute atomic E-state index is 11.1. The fourth-order valence-corrected chi connectivity index (χ4v) is 2.25. The van der Waals surface area contributed by atoms with Crippen LogP contribution in [-0.4, -0.2) is 20.2 Å². The Balaban J connectivity index is 2.35. The molecule has 1 atom stereocenters. The highest BCUT2D eigenvalue weighted by Crippen LogP contribution is 2.32. The van der Waals surface area contributed by atoms with Crippen molar-refractivity contribution in [3.63, 3.8) is 0 Å². The Morgan fingerprint density at radius 3 is 2.41 bits per heavy atom. The lowest BCUT2D eigenvalue weighted by Gasteiger charge is -2.16. The van der Waals surface area contributed by atoms with Crippen LogP contribution in [0.1, 0.15) is 11.7 Å². The van der Waals surface area contributed by atoms with Gasteiger partial charge in [0.05, 0.1) is 9.85 Å². The Kier molecular flexibility index (Phi) is 4.99. The van der Waals surface area contributed by atoms with Crippen LogP contribution < -0.4 is 4.74 Å². The van der Waals surface area contributed by atoms with Gasteiger partial charge in [-0.05, 0) is 5.56 Å². The van der Waals surface area contributed by atoms with Crippen molar-refractivity contribution in [3.8, 4) is 5.88 Å². The van der Waals surface area contributed by atoms with Gasteiger partial charge in [0.2, 0.25) is 0 Å². The number of ether oxygens (including phenoxy) is 1. The molecule has 0 radical (unpaired) electrons. The average molecular weight is 368 g/mol. The van der Waals surface area contributed by atoms with E-state index >= 15 is 0 Å². The zero-order chi connectivity index (χ0) is 16.1. The van der Waals surface area contributed by atoms with Crippen LogP contribution in [0.25, 0.3) is 0 Å². The molecule has 22 heavy (non-hydrogen) atoms. The summed E-state index contributed by atoms with van der Waals surface area (Å²) in [5.41, 5.74) is -0.209. The molecule has 114 valence electrons. The highest BCUT2D eigenvalue weighted by Gasteiger charge is 2.25. The number of alkyl halides is 1. The summed E-state index contributed by atoms with van der Waals surface area (Å²) in [5.74, 6) is -0.260. The van der Waals surface area contributed by atoms with Gasteiger partial charge in [-0.15, -0.1) is 0 Å². The van der Waals surface area contributed by atoms with Gasteiger partial charge in [0.1, 0.15) is 18.4 Å². The molecule has 1 aromatic heterocycles. The monoisotopic (exact) mass is 367 g/mol. The van der Waals surface area contributed by atoms with Crippen LogP contribution in [0.5, 0.6) is 5.88 Å². The summed E-state index contributed by atoms with van der Waals surface area (Å²) in [6, 6.07) is 9.91. The van der Waals surface area contributed by atoms with Gasteiger partial charge in [0, 0.05) is 5.33 Å². The van der Waals surface area contributed by atoms with E-state index in [9.17, 15) is 20.2 Å². The van der Waals surface area contributed by atoms with Crippen molar-refractivity contribution in [1.82, 2.24) is 4.98 Å². The number of hydrogen-bond donors (Lipinski definition) is 0. The molecule has 0 aliphatic carbocycles. The van der Waals surface area contributed by atoms with E-state index < -0.39 is 27.3 Å². The predicted octanol–water partition coefficient (Wildman–Crippen LogP) is 3.41. The topological polar surface area (TPSA) is 108 Å². The number of halogens is 1. The summed E-state index contributed by atoms with van der Waals surface area (Å²) in [6.45, 7) is 0. The Morgan fingerprint density at radius 2 is 1.86 bits per heavy atom. The van der Waals surface area contributed by atoms with E-state index in [0.29, 0.717) is 5.33 Å². The van der Waals surface area contributed by atoms with Gasteiger partial charge in [-0.2, -0.15) is 0 Å². The normalized spacial score (nSPS) is 11.7. The van der Waals surface area contributed by atoms with E-state index in [1.807, 2.05) is 30.3 Å². The number of pyridine rings is 1. The van der Waals surface area contributed by atoms with Crippen LogP contribution in [0.2, 0.25) is 0 Å². The number of nitrogens with zero attached hydrogens (tertiary/aromatic N) is 3. The Labute approximate surface area is 133 Å². The third kappa shape index (κ3) is 3.55. The smallest absolute Gasteiger partial charge is 0.337 e. The number of hydrogen-bond acceptors (Lipinski definition) is 6. The van der Waals surface area contributed by atoms with E-state index in [1.165, 1.54) is 0 Å². The van der Waals surface area contributed by atoms with Gasteiger partial charge in [-0.3, -0.25) is 20.2 Å². The summed E-state index contributed by atoms with van der Waals surface area (Å²) >= 11 is 3.28. The highest BCUT2D eigenvalue weighted by atomic mass is 79.9. The molecule has 0 saturated heterocycles. The van der Waals surface area contributed by atoms with Crippen molar-refractivity contribution in [2.45, 2.75) is 6.10 Å². The van der Waals surface area contributed by atoms with Crippen molar-refractivity contribution in [2.75, 3.05) is 5.33 Å². The first kappa shape index (κ1) is 15.8. The lowest BCUT2D eigenvalue weighted by molar-refractivity contribution is -0.395. The van der Waals surface area contributed by atoms with Crippen LogP contribution in [0.15, 0.2) is 42.6 Å². The van der Waals surface area contributed by atoms with Crippen molar-refractivity contribution in [2.24, 2.45) is 0 Å². The van der Waals surface area contributed by atoms with E-state index in [4.69, 9.17) is 4.74 Å². The molecule has 0 N–H and O–H groups in total. The molecular weight excluding hydrogens is 358 g/mol. The summed E-state index contributed by atoms with van der Waals surface area (Å²) in [6.07, 6.45) is 0.423. The molecule has 1 aromatic carbocycles. The summed E-state index contributed by atoms with van der Waals surface area (Å²) in [7, 11) is 0. The second kappa shape index (κ2) is 6.94. The van der Waals surface area contributed by atoms with E-state index in [2.05, 4.69) is 20.9 Å². The Morgan fingerprint density at radius 1 is 1.18 bits per heavy atom. The Bertz CT molecular complexity index is 695. The molecule has 0 bridgehead atoms. The largest absolute Gasteiger partial charge is 0.464 e. The summed E-state index contributed by atoms with van der Waals surface area (Å²) < 4.78 is 5.55. The first-order valence-electron chi connectivity index (χ1n) is 6.09. The molecule has 1 heterocycles. The van der Waals surface area contributed by atoms with Crippen molar-refractivity contribution >= 4 is 27.3 Å². The van der Waals surface area contributed by atoms with Crippen molar-refractivity contribution in [3.05, 3.63) is 68.4 Å². The van der Waals surface area contributed by atoms with Gasteiger partial charge in [0.25, 0.3) is 11.6 Å². The van der Waals surface area contributed by atoms with E-state index in [1.54, 1.807) is 0 Å². The molecule has 8 nitrogen and oxygen atoms in total. The highest BCUT2D eigenvalue weighted by molar-refractivity contribution is 9.09. The first-order valence-corrected chi connectivity index (χ1v) is 7.21. The molecule has 2 rings (SSSR count). The molecular formula is C13H10BrN3O5. The zero-order valence-corrected chi connectivity index (χ0v) is 12.7. The number of benzene rings is 1. The summed E-state index contributed by atoms with van der Waals surface area (Å²) in [4.78, 5) is 23.9. The van der Waals surface area contributed by atoms with Crippen LogP contribution >= 0.6 is 15.9 Å². The quantitative estimate of drug-likeness (QED) is 0.439. The van der Waals surface area contributed by atoms with E-state index in [0.717, 1.165) is 17.8 Å². The van der Waals surface area contributed by atoms with Crippen LogP contribution in [0, 0.1) is 20.2 Å². The molecule has 0 amide bonds. The molecule has 0 fully saturated rings. The van der Waals surface area contributed by atoms with Gasteiger partial charge in [-0.1, -0.05) is 46.3 Å². The van der Waals surface area contributed by atoms with Gasteiger partial charge < -0.3 is 4.74 Å². The van der Waals surface area contributed by atoms with Crippen LogP contribution in [-0.2, 0) is 0 Å². The third-order valence-electron chi connectivity index (χ3n) is 2.79. The minimum absolute atomic E-state index is 0.260. The maximum atomic E-state index is 11.1. The van der Waals surface area contributed by atoms with Gasteiger partial charge in [-0.25, -0.2) is 4.98 Å². The van der Waals surface area contributed by atoms with Gasteiger partial charge >= 0.3 is 5.69 Å². The van der Waals surface area contributed by atoms with Crippen LogP contribution in [0.3, 0.4) is 0 Å². The van der Waals surface area contributed by atoms with E-state index in [-0.39, 0.29) is 5.88 Å². The lowest BCUT2D eigenvalue weighted by Crippen LogP contribution is -2.11. The van der Waals surface area contributed by atoms with Crippen molar-refractivity contribution < 1.29 is 14.6 Å². The average Bonchev–Trinajstić information content (AvgIpc) is 2.53. The molecule has 9 heteroatoms. The molecule has 0 saturated carbocycles.